The van der Waals surface area contributed by atoms with E-state index < -0.39 is 0 Å². The van der Waals surface area contributed by atoms with Gasteiger partial charge in [-0.3, -0.25) is 4.79 Å². The van der Waals surface area contributed by atoms with Crippen LogP contribution in [0.1, 0.15) is 52.8 Å². The van der Waals surface area contributed by atoms with E-state index in [0.717, 1.165) is 38.8 Å². The zero-order chi connectivity index (χ0) is 16.4. The van der Waals surface area contributed by atoms with Gasteiger partial charge in [0.25, 0.3) is 5.91 Å². The van der Waals surface area contributed by atoms with Crippen molar-refractivity contribution in [2.75, 3.05) is 19.6 Å². The summed E-state index contributed by atoms with van der Waals surface area (Å²) >= 11 is 0. The van der Waals surface area contributed by atoms with Crippen molar-refractivity contribution >= 4 is 18.3 Å². The zero-order valence-corrected chi connectivity index (χ0v) is 15.0. The van der Waals surface area contributed by atoms with E-state index in [-0.39, 0.29) is 18.3 Å². The van der Waals surface area contributed by atoms with Crippen LogP contribution in [0, 0.1) is 0 Å². The first-order chi connectivity index (χ1) is 11.8. The van der Waals surface area contributed by atoms with Gasteiger partial charge in [0, 0.05) is 12.5 Å². The van der Waals surface area contributed by atoms with Crippen molar-refractivity contribution in [2.45, 2.75) is 37.6 Å². The molecule has 1 aliphatic carbocycles. The Morgan fingerprint density at radius 1 is 1.24 bits per heavy atom. The number of carbonyl (C=O) groups is 1. The minimum absolute atomic E-state index is 0. The summed E-state index contributed by atoms with van der Waals surface area (Å²) in [7, 11) is 0. The molecule has 4 rings (SSSR count). The quantitative estimate of drug-likeness (QED) is 0.874. The van der Waals surface area contributed by atoms with Gasteiger partial charge in [-0.15, -0.1) is 17.5 Å². The summed E-state index contributed by atoms with van der Waals surface area (Å²) in [6.45, 7) is 2.65. The fraction of sp³-hybridized carbons (Fsp3) is 0.500. The largest absolute Gasteiger partial charge is 0.350 e. The number of halogens is 1. The standard InChI is InChI=1S/C18H23N5O.ClH/c24-18(17-12-23(22-21-17)15-7-9-19-10-8-15)20-11-14-6-5-13-3-1-2-4-16(13)14;/h1-4,12,14-15,19H,5-11H2,(H,20,24);1H. The topological polar surface area (TPSA) is 71.8 Å². The van der Waals surface area contributed by atoms with E-state index in [1.54, 1.807) is 6.20 Å². The molecule has 6 nitrogen and oxygen atoms in total. The van der Waals surface area contributed by atoms with Gasteiger partial charge in [0.15, 0.2) is 5.69 Å². The van der Waals surface area contributed by atoms with Gasteiger partial charge < -0.3 is 10.6 Å². The van der Waals surface area contributed by atoms with Crippen molar-refractivity contribution in [3.63, 3.8) is 0 Å². The molecular formula is C18H24ClN5O. The summed E-state index contributed by atoms with van der Waals surface area (Å²) < 4.78 is 1.85. The highest BCUT2D eigenvalue weighted by molar-refractivity contribution is 5.91. The predicted octanol–water partition coefficient (Wildman–Crippen LogP) is 2.08. The van der Waals surface area contributed by atoms with Crippen LogP contribution >= 0.6 is 12.4 Å². The van der Waals surface area contributed by atoms with Crippen molar-refractivity contribution in [3.8, 4) is 0 Å². The zero-order valence-electron chi connectivity index (χ0n) is 14.1. The molecule has 0 radical (unpaired) electrons. The normalized spacial score (nSPS) is 19.9. The molecule has 7 heteroatoms. The first kappa shape index (κ1) is 17.9. The molecule has 1 fully saturated rings. The number of amides is 1. The number of carbonyl (C=O) groups excluding carboxylic acids is 1. The first-order valence-corrected chi connectivity index (χ1v) is 8.80. The first-order valence-electron chi connectivity index (χ1n) is 8.80. The lowest BCUT2D eigenvalue weighted by Crippen LogP contribution is -2.30. The maximum Gasteiger partial charge on any atom is 0.273 e. The number of fused-ring (bicyclic) bond motifs is 1. The number of hydrogen-bond acceptors (Lipinski definition) is 4. The third kappa shape index (κ3) is 3.85. The van der Waals surface area contributed by atoms with Crippen LogP contribution in [-0.4, -0.2) is 40.5 Å². The number of hydrogen-bond donors (Lipinski definition) is 2. The Hall–Kier alpha value is -1.92. The molecule has 134 valence electrons. The molecule has 1 atom stereocenters. The molecule has 0 spiro atoms. The molecule has 1 saturated heterocycles. The Morgan fingerprint density at radius 2 is 2.04 bits per heavy atom. The van der Waals surface area contributed by atoms with Crippen molar-refractivity contribution in [1.82, 2.24) is 25.6 Å². The highest BCUT2D eigenvalue weighted by Crippen LogP contribution is 2.32. The van der Waals surface area contributed by atoms with Crippen LogP contribution in [0.25, 0.3) is 0 Å². The van der Waals surface area contributed by atoms with Crippen LogP contribution in [0.15, 0.2) is 30.5 Å². The molecule has 1 amide bonds. The summed E-state index contributed by atoms with van der Waals surface area (Å²) in [5, 5.41) is 14.6. The molecule has 0 saturated carbocycles. The molecule has 1 aromatic carbocycles. The van der Waals surface area contributed by atoms with Crippen LogP contribution in [0.2, 0.25) is 0 Å². The molecule has 0 bridgehead atoms. The molecule has 1 aromatic heterocycles. The highest BCUT2D eigenvalue weighted by Gasteiger charge is 2.23. The number of nitrogens with zero attached hydrogens (tertiary/aromatic N) is 3. The molecule has 2 N–H and O–H groups in total. The van der Waals surface area contributed by atoms with Gasteiger partial charge in [-0.1, -0.05) is 29.5 Å². The number of nitrogens with one attached hydrogen (secondary N) is 2. The maximum absolute atomic E-state index is 12.4. The Morgan fingerprint density at radius 3 is 2.88 bits per heavy atom. The third-order valence-corrected chi connectivity index (χ3v) is 5.19. The summed E-state index contributed by atoms with van der Waals surface area (Å²) in [6.07, 6.45) is 6.05. The van der Waals surface area contributed by atoms with Crippen LogP contribution in [-0.2, 0) is 6.42 Å². The Bertz CT molecular complexity index is 726. The molecule has 1 unspecified atom stereocenters. The lowest BCUT2D eigenvalue weighted by atomic mass is 10.0. The molecule has 25 heavy (non-hydrogen) atoms. The monoisotopic (exact) mass is 361 g/mol. The summed E-state index contributed by atoms with van der Waals surface area (Å²) in [5.74, 6) is 0.282. The average Bonchev–Trinajstić information content (AvgIpc) is 3.28. The number of aryl methyl sites for hydroxylation is 1. The minimum Gasteiger partial charge on any atom is -0.350 e. The Kier molecular flexibility index (Phi) is 5.71. The number of piperidine rings is 1. The lowest BCUT2D eigenvalue weighted by molar-refractivity contribution is 0.0946. The summed E-state index contributed by atoms with van der Waals surface area (Å²) in [4.78, 5) is 12.4. The minimum atomic E-state index is -0.125. The van der Waals surface area contributed by atoms with Gasteiger partial charge in [0.05, 0.1) is 12.2 Å². The number of rotatable bonds is 4. The van der Waals surface area contributed by atoms with E-state index >= 15 is 0 Å². The summed E-state index contributed by atoms with van der Waals surface area (Å²) in [5.41, 5.74) is 3.20. The van der Waals surface area contributed by atoms with E-state index in [4.69, 9.17) is 0 Å². The smallest absolute Gasteiger partial charge is 0.273 e. The second kappa shape index (κ2) is 7.97. The molecule has 2 aromatic rings. The molecule has 2 heterocycles. The molecular weight excluding hydrogens is 338 g/mol. The van der Waals surface area contributed by atoms with Crippen LogP contribution in [0.5, 0.6) is 0 Å². The van der Waals surface area contributed by atoms with Gasteiger partial charge in [-0.05, 0) is 49.9 Å². The summed E-state index contributed by atoms with van der Waals surface area (Å²) in [6, 6.07) is 8.86. The van der Waals surface area contributed by atoms with Gasteiger partial charge in [-0.25, -0.2) is 4.68 Å². The SMILES string of the molecule is Cl.O=C(NCC1CCc2ccccc21)c1cn(C2CCNCC2)nn1. The lowest BCUT2D eigenvalue weighted by Gasteiger charge is -2.22. The predicted molar refractivity (Wildman–Crippen MR) is 98.2 cm³/mol. The van der Waals surface area contributed by atoms with E-state index in [2.05, 4.69) is 45.2 Å². The fourth-order valence-electron chi connectivity index (χ4n) is 3.79. The van der Waals surface area contributed by atoms with E-state index in [0.29, 0.717) is 24.2 Å². The van der Waals surface area contributed by atoms with Crippen molar-refractivity contribution in [2.24, 2.45) is 0 Å². The van der Waals surface area contributed by atoms with Crippen molar-refractivity contribution in [1.29, 1.82) is 0 Å². The highest BCUT2D eigenvalue weighted by atomic mass is 35.5. The van der Waals surface area contributed by atoms with Crippen molar-refractivity contribution < 1.29 is 4.79 Å². The average molecular weight is 362 g/mol. The number of aromatic nitrogens is 3. The second-order valence-electron chi connectivity index (χ2n) is 6.71. The van der Waals surface area contributed by atoms with Gasteiger partial charge >= 0.3 is 0 Å². The van der Waals surface area contributed by atoms with Crippen LogP contribution < -0.4 is 10.6 Å². The van der Waals surface area contributed by atoms with E-state index in [9.17, 15) is 4.79 Å². The van der Waals surface area contributed by atoms with E-state index in [1.165, 1.54) is 11.1 Å². The maximum atomic E-state index is 12.4. The van der Waals surface area contributed by atoms with Gasteiger partial charge in [0.2, 0.25) is 0 Å². The van der Waals surface area contributed by atoms with E-state index in [1.807, 2.05) is 4.68 Å². The van der Waals surface area contributed by atoms with Gasteiger partial charge in [0.1, 0.15) is 0 Å². The second-order valence-corrected chi connectivity index (χ2v) is 6.71. The Balaban J connectivity index is 0.00000182. The molecule has 2 aliphatic rings. The van der Waals surface area contributed by atoms with Crippen LogP contribution in [0.3, 0.4) is 0 Å². The molecule has 1 aliphatic heterocycles. The Labute approximate surface area is 153 Å². The van der Waals surface area contributed by atoms with Crippen molar-refractivity contribution in [3.05, 3.63) is 47.3 Å². The third-order valence-electron chi connectivity index (χ3n) is 5.19. The van der Waals surface area contributed by atoms with Crippen LogP contribution in [0.4, 0.5) is 0 Å². The fourth-order valence-corrected chi connectivity index (χ4v) is 3.79. The number of benzene rings is 1. The van der Waals surface area contributed by atoms with Gasteiger partial charge in [-0.2, -0.15) is 0 Å².